The highest BCUT2D eigenvalue weighted by Crippen LogP contribution is 2.00. The first-order chi connectivity index (χ1) is 6.68. The number of carbonyl (C=O) groups excluding carboxylic acids is 1. The molecule has 0 radical (unpaired) electrons. The predicted octanol–water partition coefficient (Wildman–Crippen LogP) is 1.82. The smallest absolute Gasteiger partial charge is 0.407 e. The van der Waals surface area contributed by atoms with Gasteiger partial charge in [-0.1, -0.05) is 0 Å². The fourth-order valence-electron chi connectivity index (χ4n) is 0.909. The minimum Gasteiger partial charge on any atom is -0.447 e. The van der Waals surface area contributed by atoms with E-state index in [0.29, 0.717) is 6.54 Å². The number of amides is 1. The first kappa shape index (κ1) is 11.0. The molecule has 0 unspecified atom stereocenters. The van der Waals surface area contributed by atoms with Crippen LogP contribution in [0.5, 0.6) is 0 Å². The van der Waals surface area contributed by atoms with Crippen LogP contribution in [0.25, 0.3) is 0 Å². The van der Waals surface area contributed by atoms with Crippen molar-refractivity contribution in [1.29, 1.82) is 0 Å². The van der Waals surface area contributed by atoms with Crippen LogP contribution in [0, 0.1) is 0 Å². The molecular weight excluding hydrogens is 200 g/mol. The molecule has 0 saturated heterocycles. The van der Waals surface area contributed by atoms with E-state index in [9.17, 15) is 4.79 Å². The van der Waals surface area contributed by atoms with Crippen molar-refractivity contribution < 1.29 is 9.53 Å². The molecule has 0 bridgehead atoms. The lowest BCUT2D eigenvalue weighted by Crippen LogP contribution is -2.28. The summed E-state index contributed by atoms with van der Waals surface area (Å²) in [4.78, 5) is 15.1. The van der Waals surface area contributed by atoms with Crippen molar-refractivity contribution in [2.75, 3.05) is 6.54 Å². The summed E-state index contributed by atoms with van der Waals surface area (Å²) >= 11 is 1.55. The molecule has 5 heteroatoms. The third-order valence-corrected chi connectivity index (χ3v) is 2.11. The number of carbonyl (C=O) groups is 1. The molecule has 0 aliphatic carbocycles. The van der Waals surface area contributed by atoms with Crippen LogP contribution >= 0.6 is 11.3 Å². The molecule has 0 atom stereocenters. The molecule has 0 aliphatic rings. The Morgan fingerprint density at radius 3 is 3.07 bits per heavy atom. The summed E-state index contributed by atoms with van der Waals surface area (Å²) in [7, 11) is 0. The van der Waals surface area contributed by atoms with Crippen molar-refractivity contribution in [2.24, 2.45) is 0 Å². The summed E-state index contributed by atoms with van der Waals surface area (Å²) in [5, 5.41) is 4.62. The second-order valence-electron chi connectivity index (χ2n) is 3.11. The van der Waals surface area contributed by atoms with Gasteiger partial charge in [-0.25, -0.2) is 9.78 Å². The summed E-state index contributed by atoms with van der Waals surface area (Å²) in [6.45, 7) is 4.20. The van der Waals surface area contributed by atoms with E-state index in [-0.39, 0.29) is 12.2 Å². The van der Waals surface area contributed by atoms with Crippen LogP contribution < -0.4 is 5.32 Å². The number of alkyl carbamates (subject to hydrolysis) is 1. The van der Waals surface area contributed by atoms with Gasteiger partial charge in [0.25, 0.3) is 0 Å². The van der Waals surface area contributed by atoms with Crippen molar-refractivity contribution >= 4 is 17.4 Å². The van der Waals surface area contributed by atoms with Crippen molar-refractivity contribution in [1.82, 2.24) is 10.3 Å². The van der Waals surface area contributed by atoms with Gasteiger partial charge in [-0.3, -0.25) is 0 Å². The zero-order valence-electron chi connectivity index (χ0n) is 8.32. The topological polar surface area (TPSA) is 51.2 Å². The molecule has 0 aromatic carbocycles. The van der Waals surface area contributed by atoms with Gasteiger partial charge in [-0.05, 0) is 13.8 Å². The molecule has 4 nitrogen and oxygen atoms in total. The average molecular weight is 214 g/mol. The molecular formula is C9H14N2O2S. The van der Waals surface area contributed by atoms with Gasteiger partial charge < -0.3 is 10.1 Å². The Hall–Kier alpha value is -1.10. The van der Waals surface area contributed by atoms with Gasteiger partial charge in [0.15, 0.2) is 0 Å². The van der Waals surface area contributed by atoms with Crippen molar-refractivity contribution in [3.05, 3.63) is 16.6 Å². The summed E-state index contributed by atoms with van der Waals surface area (Å²) in [6.07, 6.45) is 0.306. The van der Waals surface area contributed by atoms with Crippen LogP contribution in [0.4, 0.5) is 4.79 Å². The summed E-state index contributed by atoms with van der Waals surface area (Å²) in [6, 6.07) is 0. The SMILES string of the molecule is CC(C)OC(=O)NCCc1cscn1. The number of hydrogen-bond donors (Lipinski definition) is 1. The highest BCUT2D eigenvalue weighted by Gasteiger charge is 2.03. The van der Waals surface area contributed by atoms with Crippen molar-refractivity contribution in [3.63, 3.8) is 0 Å². The Morgan fingerprint density at radius 1 is 1.71 bits per heavy atom. The van der Waals surface area contributed by atoms with E-state index in [1.54, 1.807) is 16.8 Å². The van der Waals surface area contributed by atoms with Crippen LogP contribution in [0.1, 0.15) is 19.5 Å². The first-order valence-electron chi connectivity index (χ1n) is 4.50. The van der Waals surface area contributed by atoms with Gasteiger partial charge in [0.2, 0.25) is 0 Å². The number of thiazole rings is 1. The summed E-state index contributed by atoms with van der Waals surface area (Å²) < 4.78 is 4.90. The molecule has 1 amide bonds. The number of hydrogen-bond acceptors (Lipinski definition) is 4. The zero-order chi connectivity index (χ0) is 10.4. The molecule has 1 N–H and O–H groups in total. The van der Waals surface area contributed by atoms with Crippen LogP contribution in [-0.2, 0) is 11.2 Å². The van der Waals surface area contributed by atoms with Crippen LogP contribution in [0.2, 0.25) is 0 Å². The predicted molar refractivity (Wildman–Crippen MR) is 55.4 cm³/mol. The molecule has 1 rings (SSSR count). The fraction of sp³-hybridized carbons (Fsp3) is 0.556. The van der Waals surface area contributed by atoms with Crippen LogP contribution in [0.15, 0.2) is 10.9 Å². The van der Waals surface area contributed by atoms with Crippen LogP contribution in [0.3, 0.4) is 0 Å². The molecule has 1 aromatic heterocycles. The van der Waals surface area contributed by atoms with Crippen molar-refractivity contribution in [2.45, 2.75) is 26.4 Å². The van der Waals surface area contributed by atoms with Crippen LogP contribution in [-0.4, -0.2) is 23.7 Å². The lowest BCUT2D eigenvalue weighted by molar-refractivity contribution is 0.116. The largest absolute Gasteiger partial charge is 0.447 e. The lowest BCUT2D eigenvalue weighted by atomic mass is 10.3. The second-order valence-corrected chi connectivity index (χ2v) is 3.83. The van der Waals surface area contributed by atoms with Gasteiger partial charge in [-0.2, -0.15) is 0 Å². The number of rotatable bonds is 4. The molecule has 1 aromatic rings. The second kappa shape index (κ2) is 5.59. The average Bonchev–Trinajstić information content (AvgIpc) is 2.55. The fourth-order valence-corrected chi connectivity index (χ4v) is 1.50. The number of ether oxygens (including phenoxy) is 1. The molecule has 1 heterocycles. The van der Waals surface area contributed by atoms with Gasteiger partial charge in [0.05, 0.1) is 17.3 Å². The molecule has 0 spiro atoms. The molecule has 78 valence electrons. The van der Waals surface area contributed by atoms with Crippen molar-refractivity contribution in [3.8, 4) is 0 Å². The maximum Gasteiger partial charge on any atom is 0.407 e. The Bertz CT molecular complexity index is 272. The number of nitrogens with zero attached hydrogens (tertiary/aromatic N) is 1. The van der Waals surface area contributed by atoms with E-state index in [2.05, 4.69) is 10.3 Å². The van der Waals surface area contributed by atoms with Gasteiger partial charge in [-0.15, -0.1) is 11.3 Å². The Kier molecular flexibility index (Phi) is 4.39. The van der Waals surface area contributed by atoms with E-state index < -0.39 is 0 Å². The Balaban J connectivity index is 2.12. The third kappa shape index (κ3) is 4.23. The normalized spacial score (nSPS) is 10.2. The number of nitrogens with one attached hydrogen (secondary N) is 1. The monoisotopic (exact) mass is 214 g/mol. The molecule has 0 aliphatic heterocycles. The standard InChI is InChI=1S/C9H14N2O2S/c1-7(2)13-9(12)10-4-3-8-5-14-6-11-8/h5-7H,3-4H2,1-2H3,(H,10,12). The van der Waals surface area contributed by atoms with Gasteiger partial charge in [0, 0.05) is 18.3 Å². The highest BCUT2D eigenvalue weighted by atomic mass is 32.1. The molecule has 14 heavy (non-hydrogen) atoms. The van der Waals surface area contributed by atoms with E-state index in [1.807, 2.05) is 19.2 Å². The Labute approximate surface area is 87.3 Å². The lowest BCUT2D eigenvalue weighted by Gasteiger charge is -2.08. The highest BCUT2D eigenvalue weighted by molar-refractivity contribution is 7.07. The maximum atomic E-state index is 11.0. The summed E-state index contributed by atoms with van der Waals surface area (Å²) in [5.74, 6) is 0. The minimum atomic E-state index is -0.366. The quantitative estimate of drug-likeness (QED) is 0.831. The van der Waals surface area contributed by atoms with E-state index in [0.717, 1.165) is 12.1 Å². The summed E-state index contributed by atoms with van der Waals surface area (Å²) in [5.41, 5.74) is 2.78. The minimum absolute atomic E-state index is 0.0747. The van der Waals surface area contributed by atoms with Gasteiger partial charge in [0.1, 0.15) is 0 Å². The van der Waals surface area contributed by atoms with E-state index >= 15 is 0 Å². The maximum absolute atomic E-state index is 11.0. The Morgan fingerprint density at radius 2 is 2.50 bits per heavy atom. The van der Waals surface area contributed by atoms with Gasteiger partial charge >= 0.3 is 6.09 Å². The molecule has 0 fully saturated rings. The first-order valence-corrected chi connectivity index (χ1v) is 5.44. The zero-order valence-corrected chi connectivity index (χ0v) is 9.13. The van der Waals surface area contributed by atoms with E-state index in [4.69, 9.17) is 4.74 Å². The third-order valence-electron chi connectivity index (χ3n) is 1.48. The number of aromatic nitrogens is 1. The molecule has 0 saturated carbocycles. The van der Waals surface area contributed by atoms with E-state index in [1.165, 1.54) is 0 Å².